The van der Waals surface area contributed by atoms with Crippen LogP contribution in [-0.2, 0) is 4.79 Å². The highest BCUT2D eigenvalue weighted by atomic mass is 32.2. The lowest BCUT2D eigenvalue weighted by Gasteiger charge is -2.22. The number of carbonyl (C=O) groups is 1. The number of rotatable bonds is 2. The van der Waals surface area contributed by atoms with Crippen molar-refractivity contribution >= 4 is 23.4 Å². The van der Waals surface area contributed by atoms with Crippen molar-refractivity contribution < 1.29 is 4.79 Å². The van der Waals surface area contributed by atoms with Crippen LogP contribution in [0.25, 0.3) is 0 Å². The van der Waals surface area contributed by atoms with Crippen LogP contribution >= 0.6 is 11.8 Å². The van der Waals surface area contributed by atoms with E-state index in [1.54, 1.807) is 23.9 Å². The fourth-order valence-electron chi connectivity index (χ4n) is 2.04. The van der Waals surface area contributed by atoms with E-state index in [-0.39, 0.29) is 10.7 Å². The Labute approximate surface area is 112 Å². The van der Waals surface area contributed by atoms with Crippen LogP contribution in [0.1, 0.15) is 30.9 Å². The molecule has 18 heavy (non-hydrogen) atoms. The Balaban J connectivity index is 2.19. The van der Waals surface area contributed by atoms with Crippen molar-refractivity contribution in [2.75, 3.05) is 11.1 Å². The predicted octanol–water partition coefficient (Wildman–Crippen LogP) is 3.09. The second-order valence-electron chi connectivity index (χ2n) is 4.78. The molecular weight excluding hydrogens is 244 g/mol. The maximum atomic E-state index is 12.3. The molecule has 4 heteroatoms. The van der Waals surface area contributed by atoms with Gasteiger partial charge in [-0.15, -0.1) is 11.8 Å². The monoisotopic (exact) mass is 260 g/mol. The lowest BCUT2D eigenvalue weighted by atomic mass is 10.0. The van der Waals surface area contributed by atoms with Crippen LogP contribution < -0.4 is 5.32 Å². The molecular formula is C14H16N2OS. The summed E-state index contributed by atoms with van der Waals surface area (Å²) in [7, 11) is 0. The fourth-order valence-corrected chi connectivity index (χ4v) is 3.25. The van der Waals surface area contributed by atoms with E-state index in [4.69, 9.17) is 5.26 Å². The fraction of sp³-hybridized carbons (Fsp3) is 0.429. The Morgan fingerprint density at radius 3 is 2.94 bits per heavy atom. The van der Waals surface area contributed by atoms with E-state index >= 15 is 0 Å². The molecule has 0 saturated carbocycles. The van der Waals surface area contributed by atoms with E-state index in [1.165, 1.54) is 0 Å². The number of anilines is 1. The van der Waals surface area contributed by atoms with Crippen LogP contribution in [0.5, 0.6) is 0 Å². The highest BCUT2D eigenvalue weighted by Gasteiger charge is 2.37. The normalized spacial score (nSPS) is 22.5. The molecule has 1 aromatic carbocycles. The summed E-state index contributed by atoms with van der Waals surface area (Å²) in [6, 6.07) is 7.44. The average molecular weight is 260 g/mol. The smallest absolute Gasteiger partial charge is 0.240 e. The van der Waals surface area contributed by atoms with E-state index in [2.05, 4.69) is 11.4 Å². The van der Waals surface area contributed by atoms with Gasteiger partial charge in [0.1, 0.15) is 0 Å². The van der Waals surface area contributed by atoms with Crippen molar-refractivity contribution in [1.29, 1.82) is 5.26 Å². The van der Waals surface area contributed by atoms with Crippen LogP contribution in [0.15, 0.2) is 18.2 Å². The number of nitrogens with zero attached hydrogens (tertiary/aromatic N) is 1. The van der Waals surface area contributed by atoms with E-state index < -0.39 is 0 Å². The molecule has 0 aliphatic carbocycles. The maximum absolute atomic E-state index is 12.3. The van der Waals surface area contributed by atoms with Crippen molar-refractivity contribution in [3.05, 3.63) is 29.3 Å². The van der Waals surface area contributed by atoms with Gasteiger partial charge < -0.3 is 5.32 Å². The second kappa shape index (κ2) is 5.03. The largest absolute Gasteiger partial charge is 0.325 e. The van der Waals surface area contributed by atoms with Crippen LogP contribution in [0, 0.1) is 18.3 Å². The summed E-state index contributed by atoms with van der Waals surface area (Å²) in [5, 5.41) is 11.8. The molecule has 0 spiro atoms. The summed E-state index contributed by atoms with van der Waals surface area (Å²) in [4.78, 5) is 12.3. The predicted molar refractivity (Wildman–Crippen MR) is 74.6 cm³/mol. The van der Waals surface area contributed by atoms with Crippen molar-refractivity contribution in [3.8, 4) is 6.07 Å². The second-order valence-corrected chi connectivity index (χ2v) is 6.38. The molecule has 1 aliphatic rings. The molecule has 0 bridgehead atoms. The number of hydrogen-bond acceptors (Lipinski definition) is 3. The third-order valence-electron chi connectivity index (χ3n) is 3.31. The van der Waals surface area contributed by atoms with Gasteiger partial charge >= 0.3 is 0 Å². The first-order valence-corrected chi connectivity index (χ1v) is 7.00. The van der Waals surface area contributed by atoms with Crippen LogP contribution in [-0.4, -0.2) is 16.4 Å². The summed E-state index contributed by atoms with van der Waals surface area (Å²) >= 11 is 1.71. The SMILES string of the molecule is Cc1ccc(C#N)cc1NC(=O)C1(C)CCCS1. The molecule has 1 unspecified atom stereocenters. The Morgan fingerprint density at radius 2 is 2.33 bits per heavy atom. The van der Waals surface area contributed by atoms with Gasteiger partial charge in [0.15, 0.2) is 0 Å². The van der Waals surface area contributed by atoms with Crippen LogP contribution in [0.3, 0.4) is 0 Å². The minimum atomic E-state index is -0.324. The number of thioether (sulfide) groups is 1. The first-order chi connectivity index (χ1) is 8.55. The summed E-state index contributed by atoms with van der Waals surface area (Å²) in [6.45, 7) is 3.92. The number of nitrogens with one attached hydrogen (secondary N) is 1. The zero-order valence-electron chi connectivity index (χ0n) is 10.6. The van der Waals surface area contributed by atoms with Gasteiger partial charge in [0.25, 0.3) is 0 Å². The van der Waals surface area contributed by atoms with Crippen molar-refractivity contribution in [2.24, 2.45) is 0 Å². The molecule has 0 radical (unpaired) electrons. The molecule has 1 fully saturated rings. The van der Waals surface area contributed by atoms with Crippen molar-refractivity contribution in [1.82, 2.24) is 0 Å². The molecule has 1 aromatic rings. The number of amides is 1. The summed E-state index contributed by atoms with van der Waals surface area (Å²) in [5.41, 5.74) is 2.29. The van der Waals surface area contributed by atoms with Gasteiger partial charge in [-0.3, -0.25) is 4.79 Å². The summed E-state index contributed by atoms with van der Waals surface area (Å²) in [5.74, 6) is 1.09. The van der Waals surface area contributed by atoms with E-state index in [1.807, 2.05) is 19.9 Å². The van der Waals surface area contributed by atoms with Crippen LogP contribution in [0.4, 0.5) is 5.69 Å². The average Bonchev–Trinajstić information content (AvgIpc) is 2.80. The first kappa shape index (κ1) is 13.0. The zero-order chi connectivity index (χ0) is 13.2. The standard InChI is InChI=1S/C14H16N2OS/c1-10-4-5-11(9-15)8-12(10)16-13(17)14(2)6-3-7-18-14/h4-5,8H,3,6-7H2,1-2H3,(H,16,17). The van der Waals surface area contributed by atoms with Gasteiger partial charge in [-0.2, -0.15) is 5.26 Å². The summed E-state index contributed by atoms with van der Waals surface area (Å²) in [6.07, 6.45) is 2.01. The Bertz CT molecular complexity index is 513. The molecule has 1 N–H and O–H groups in total. The van der Waals surface area contributed by atoms with Gasteiger partial charge in [0.2, 0.25) is 5.91 Å². The van der Waals surface area contributed by atoms with Crippen molar-refractivity contribution in [2.45, 2.75) is 31.4 Å². The lowest BCUT2D eigenvalue weighted by Crippen LogP contribution is -2.34. The molecule has 3 nitrogen and oxygen atoms in total. The van der Waals surface area contributed by atoms with Crippen molar-refractivity contribution in [3.63, 3.8) is 0 Å². The number of nitriles is 1. The molecule has 0 aromatic heterocycles. The van der Waals surface area contributed by atoms with E-state index in [0.717, 1.165) is 29.8 Å². The van der Waals surface area contributed by atoms with E-state index in [0.29, 0.717) is 5.56 Å². The molecule has 1 heterocycles. The topological polar surface area (TPSA) is 52.9 Å². The summed E-state index contributed by atoms with van der Waals surface area (Å²) < 4.78 is -0.324. The minimum absolute atomic E-state index is 0.0446. The van der Waals surface area contributed by atoms with Gasteiger partial charge in [-0.05, 0) is 50.1 Å². The quantitative estimate of drug-likeness (QED) is 0.889. The zero-order valence-corrected chi connectivity index (χ0v) is 11.4. The Morgan fingerprint density at radius 1 is 1.56 bits per heavy atom. The molecule has 1 saturated heterocycles. The van der Waals surface area contributed by atoms with E-state index in [9.17, 15) is 4.79 Å². The molecule has 1 amide bonds. The Kier molecular flexibility index (Phi) is 3.63. The van der Waals surface area contributed by atoms with Gasteiger partial charge in [-0.1, -0.05) is 6.07 Å². The van der Waals surface area contributed by atoms with Crippen LogP contribution in [0.2, 0.25) is 0 Å². The molecule has 1 atom stereocenters. The number of aryl methyl sites for hydroxylation is 1. The number of hydrogen-bond donors (Lipinski definition) is 1. The highest BCUT2D eigenvalue weighted by Crippen LogP contribution is 2.38. The molecule has 2 rings (SSSR count). The Hall–Kier alpha value is -1.47. The molecule has 94 valence electrons. The van der Waals surface area contributed by atoms with Gasteiger partial charge in [0.05, 0.1) is 16.4 Å². The third-order valence-corrected chi connectivity index (χ3v) is 4.83. The van der Waals surface area contributed by atoms with Gasteiger partial charge in [0, 0.05) is 5.69 Å². The lowest BCUT2D eigenvalue weighted by molar-refractivity contribution is -0.118. The number of benzene rings is 1. The maximum Gasteiger partial charge on any atom is 0.240 e. The number of carbonyl (C=O) groups excluding carboxylic acids is 1. The third kappa shape index (κ3) is 2.51. The molecule has 1 aliphatic heterocycles. The highest BCUT2D eigenvalue weighted by molar-refractivity contribution is 8.01. The minimum Gasteiger partial charge on any atom is -0.325 e. The first-order valence-electron chi connectivity index (χ1n) is 6.01. The van der Waals surface area contributed by atoms with Gasteiger partial charge in [-0.25, -0.2) is 0 Å².